The lowest BCUT2D eigenvalue weighted by Crippen LogP contribution is -2.12. The SMILES string of the molecule is Cc1ccc(-c2nc3c(Cl)cccn3c2C(C)CN)cc1. The predicted octanol–water partition coefficient (Wildman–Crippen LogP) is 4.03. The Bertz CT molecular complexity index is 775. The number of aromatic nitrogens is 2. The van der Waals surface area contributed by atoms with Crippen molar-refractivity contribution in [3.63, 3.8) is 0 Å². The van der Waals surface area contributed by atoms with Crippen LogP contribution in [0.2, 0.25) is 5.02 Å². The lowest BCUT2D eigenvalue weighted by molar-refractivity contribution is 0.738. The van der Waals surface area contributed by atoms with Gasteiger partial charge in [0.2, 0.25) is 0 Å². The summed E-state index contributed by atoms with van der Waals surface area (Å²) in [5.74, 6) is 0.203. The minimum absolute atomic E-state index is 0.203. The van der Waals surface area contributed by atoms with Crippen LogP contribution in [0.4, 0.5) is 0 Å². The Kier molecular flexibility index (Phi) is 3.70. The molecular formula is C17H18ClN3. The maximum absolute atomic E-state index is 6.29. The molecule has 0 radical (unpaired) electrons. The Morgan fingerprint density at radius 2 is 1.95 bits per heavy atom. The average molecular weight is 300 g/mol. The first kappa shape index (κ1) is 14.1. The quantitative estimate of drug-likeness (QED) is 0.793. The highest BCUT2D eigenvalue weighted by Crippen LogP contribution is 2.31. The summed E-state index contributed by atoms with van der Waals surface area (Å²) in [6.07, 6.45) is 1.99. The third-order valence-electron chi connectivity index (χ3n) is 3.78. The fourth-order valence-electron chi connectivity index (χ4n) is 2.56. The van der Waals surface area contributed by atoms with Crippen molar-refractivity contribution >= 4 is 17.2 Å². The van der Waals surface area contributed by atoms with E-state index in [1.165, 1.54) is 5.56 Å². The first-order chi connectivity index (χ1) is 10.1. The Morgan fingerprint density at radius 3 is 2.62 bits per heavy atom. The van der Waals surface area contributed by atoms with E-state index >= 15 is 0 Å². The molecule has 2 heterocycles. The van der Waals surface area contributed by atoms with Crippen LogP contribution < -0.4 is 5.73 Å². The molecule has 0 saturated heterocycles. The molecule has 0 aliphatic carbocycles. The van der Waals surface area contributed by atoms with E-state index in [0.717, 1.165) is 22.6 Å². The summed E-state index contributed by atoms with van der Waals surface area (Å²) in [6, 6.07) is 12.2. The molecule has 4 heteroatoms. The summed E-state index contributed by atoms with van der Waals surface area (Å²) >= 11 is 6.29. The second-order valence-corrected chi connectivity index (χ2v) is 5.81. The highest BCUT2D eigenvalue weighted by molar-refractivity contribution is 6.33. The van der Waals surface area contributed by atoms with Crippen LogP contribution in [0.3, 0.4) is 0 Å². The van der Waals surface area contributed by atoms with Gasteiger partial charge in [-0.2, -0.15) is 0 Å². The predicted molar refractivity (Wildman–Crippen MR) is 87.8 cm³/mol. The van der Waals surface area contributed by atoms with Gasteiger partial charge in [0, 0.05) is 24.2 Å². The van der Waals surface area contributed by atoms with Crippen molar-refractivity contribution in [2.45, 2.75) is 19.8 Å². The largest absolute Gasteiger partial charge is 0.330 e. The molecule has 21 heavy (non-hydrogen) atoms. The molecule has 0 saturated carbocycles. The van der Waals surface area contributed by atoms with E-state index in [1.807, 2.05) is 18.3 Å². The van der Waals surface area contributed by atoms with Crippen LogP contribution in [0, 0.1) is 6.92 Å². The van der Waals surface area contributed by atoms with E-state index in [0.29, 0.717) is 11.6 Å². The van der Waals surface area contributed by atoms with E-state index in [1.54, 1.807) is 0 Å². The molecule has 0 bridgehead atoms. The van der Waals surface area contributed by atoms with Crippen LogP contribution >= 0.6 is 11.6 Å². The summed E-state index contributed by atoms with van der Waals surface area (Å²) < 4.78 is 2.05. The highest BCUT2D eigenvalue weighted by Gasteiger charge is 2.19. The zero-order valence-corrected chi connectivity index (χ0v) is 12.9. The molecule has 3 nitrogen and oxygen atoms in total. The lowest BCUT2D eigenvalue weighted by atomic mass is 10.0. The monoisotopic (exact) mass is 299 g/mol. The van der Waals surface area contributed by atoms with E-state index in [9.17, 15) is 0 Å². The number of benzene rings is 1. The second-order valence-electron chi connectivity index (χ2n) is 5.40. The number of hydrogen-bond acceptors (Lipinski definition) is 2. The molecule has 0 aliphatic rings. The lowest BCUT2D eigenvalue weighted by Gasteiger charge is -2.11. The van der Waals surface area contributed by atoms with Gasteiger partial charge in [-0.25, -0.2) is 4.98 Å². The van der Waals surface area contributed by atoms with E-state index in [-0.39, 0.29) is 5.92 Å². The molecule has 1 unspecified atom stereocenters. The Balaban J connectivity index is 2.30. The number of hydrogen-bond donors (Lipinski definition) is 1. The van der Waals surface area contributed by atoms with Crippen molar-refractivity contribution in [2.75, 3.05) is 6.54 Å². The smallest absolute Gasteiger partial charge is 0.156 e. The molecule has 2 N–H and O–H groups in total. The maximum atomic E-state index is 6.29. The number of rotatable bonds is 3. The Morgan fingerprint density at radius 1 is 1.24 bits per heavy atom. The zero-order chi connectivity index (χ0) is 15.0. The molecule has 0 aliphatic heterocycles. The molecular weight excluding hydrogens is 282 g/mol. The van der Waals surface area contributed by atoms with Crippen LogP contribution in [-0.2, 0) is 0 Å². The molecule has 1 aromatic carbocycles. The van der Waals surface area contributed by atoms with Crippen LogP contribution in [0.25, 0.3) is 16.9 Å². The van der Waals surface area contributed by atoms with Gasteiger partial charge >= 0.3 is 0 Å². The standard InChI is InChI=1S/C17H18ClN3/c1-11-5-7-13(8-6-11)15-16(12(2)10-19)21-9-3-4-14(18)17(21)20-15/h3-9,12H,10,19H2,1-2H3. The van der Waals surface area contributed by atoms with Gasteiger partial charge in [-0.15, -0.1) is 0 Å². The van der Waals surface area contributed by atoms with Gasteiger partial charge in [0.25, 0.3) is 0 Å². The minimum atomic E-state index is 0.203. The van der Waals surface area contributed by atoms with Crippen molar-refractivity contribution in [3.05, 3.63) is 58.9 Å². The third-order valence-corrected chi connectivity index (χ3v) is 4.08. The molecule has 3 rings (SSSR count). The van der Waals surface area contributed by atoms with Crippen LogP contribution in [0.15, 0.2) is 42.6 Å². The molecule has 0 amide bonds. The van der Waals surface area contributed by atoms with E-state index in [2.05, 4.69) is 42.5 Å². The van der Waals surface area contributed by atoms with Crippen molar-refractivity contribution in [1.29, 1.82) is 0 Å². The molecule has 0 fully saturated rings. The number of nitrogens with two attached hydrogens (primary N) is 1. The van der Waals surface area contributed by atoms with Crippen LogP contribution in [0.1, 0.15) is 24.1 Å². The van der Waals surface area contributed by atoms with Crippen molar-refractivity contribution in [3.8, 4) is 11.3 Å². The number of aryl methyl sites for hydroxylation is 1. The van der Waals surface area contributed by atoms with Crippen LogP contribution in [0.5, 0.6) is 0 Å². The highest BCUT2D eigenvalue weighted by atomic mass is 35.5. The van der Waals surface area contributed by atoms with Crippen molar-refractivity contribution < 1.29 is 0 Å². The first-order valence-electron chi connectivity index (χ1n) is 7.05. The number of halogens is 1. The molecule has 2 aromatic heterocycles. The molecule has 1 atom stereocenters. The minimum Gasteiger partial charge on any atom is -0.330 e. The second kappa shape index (κ2) is 5.51. The zero-order valence-electron chi connectivity index (χ0n) is 12.2. The summed E-state index contributed by atoms with van der Waals surface area (Å²) in [5, 5.41) is 0.654. The first-order valence-corrected chi connectivity index (χ1v) is 7.43. The van der Waals surface area contributed by atoms with Gasteiger partial charge in [-0.1, -0.05) is 48.4 Å². The summed E-state index contributed by atoms with van der Waals surface area (Å²) in [6.45, 7) is 4.76. The number of pyridine rings is 1. The fourth-order valence-corrected chi connectivity index (χ4v) is 2.77. The van der Waals surface area contributed by atoms with Crippen molar-refractivity contribution in [1.82, 2.24) is 9.38 Å². The van der Waals surface area contributed by atoms with Gasteiger partial charge in [-0.3, -0.25) is 0 Å². The van der Waals surface area contributed by atoms with Gasteiger partial charge in [0.05, 0.1) is 16.4 Å². The summed E-state index contributed by atoms with van der Waals surface area (Å²) in [5.41, 5.74) is 11.1. The van der Waals surface area contributed by atoms with Crippen LogP contribution in [-0.4, -0.2) is 15.9 Å². The summed E-state index contributed by atoms with van der Waals surface area (Å²) in [4.78, 5) is 4.76. The number of nitrogens with zero attached hydrogens (tertiary/aromatic N) is 2. The summed E-state index contributed by atoms with van der Waals surface area (Å²) in [7, 11) is 0. The third kappa shape index (κ3) is 2.43. The fraction of sp³-hybridized carbons (Fsp3) is 0.235. The van der Waals surface area contributed by atoms with Gasteiger partial charge in [0.15, 0.2) is 5.65 Å². The molecule has 108 valence electrons. The Labute approximate surface area is 129 Å². The van der Waals surface area contributed by atoms with E-state index < -0.39 is 0 Å². The maximum Gasteiger partial charge on any atom is 0.156 e. The van der Waals surface area contributed by atoms with E-state index in [4.69, 9.17) is 22.3 Å². The van der Waals surface area contributed by atoms with Crippen molar-refractivity contribution in [2.24, 2.45) is 5.73 Å². The molecule has 3 aromatic rings. The van der Waals surface area contributed by atoms with Gasteiger partial charge in [-0.05, 0) is 19.1 Å². The number of imidazole rings is 1. The molecule has 0 spiro atoms. The van der Waals surface area contributed by atoms with Gasteiger partial charge < -0.3 is 10.1 Å². The average Bonchev–Trinajstić information content (AvgIpc) is 2.88. The topological polar surface area (TPSA) is 43.3 Å². The Hall–Kier alpha value is -1.84. The normalized spacial score (nSPS) is 12.8. The number of fused-ring (bicyclic) bond motifs is 1. The van der Waals surface area contributed by atoms with Gasteiger partial charge in [0.1, 0.15) is 0 Å².